The number of amides is 1. The van der Waals surface area contributed by atoms with Crippen LogP contribution < -0.4 is 5.32 Å². The standard InChI is InChI=1S/C20H29N3O3/c1-2-26-20(25)23-13-9-18(15-23)22-11-7-17(8-12-22)21-19-6-4-3-5-16(19)10-14-24/h3-6,14,17-18,21H,2,7-13,15H2,1H3. The van der Waals surface area contributed by atoms with Gasteiger partial charge in [-0.3, -0.25) is 4.90 Å². The molecule has 0 bridgehead atoms. The maximum absolute atomic E-state index is 11.9. The quantitative estimate of drug-likeness (QED) is 0.791. The summed E-state index contributed by atoms with van der Waals surface area (Å²) in [5.74, 6) is 0. The number of likely N-dealkylation sites (tertiary alicyclic amines) is 2. The Morgan fingerprint density at radius 2 is 2.00 bits per heavy atom. The predicted molar refractivity (Wildman–Crippen MR) is 101 cm³/mol. The fraction of sp³-hybridized carbons (Fsp3) is 0.600. The lowest BCUT2D eigenvalue weighted by molar-refractivity contribution is -0.107. The Morgan fingerprint density at radius 3 is 2.73 bits per heavy atom. The lowest BCUT2D eigenvalue weighted by atomic mass is 10.0. The van der Waals surface area contributed by atoms with E-state index in [1.807, 2.05) is 30.0 Å². The SMILES string of the molecule is CCOC(=O)N1CCC(N2CCC(Nc3ccccc3CC=O)CC2)C1. The van der Waals surface area contributed by atoms with Gasteiger partial charge in [-0.1, -0.05) is 18.2 Å². The van der Waals surface area contributed by atoms with Crippen LogP contribution in [0.15, 0.2) is 24.3 Å². The van der Waals surface area contributed by atoms with E-state index in [9.17, 15) is 9.59 Å². The summed E-state index contributed by atoms with van der Waals surface area (Å²) in [6.07, 6.45) is 4.40. The molecular formula is C20H29N3O3. The molecule has 0 radical (unpaired) electrons. The second-order valence-electron chi connectivity index (χ2n) is 7.07. The fourth-order valence-corrected chi connectivity index (χ4v) is 3.98. The van der Waals surface area contributed by atoms with E-state index in [1.54, 1.807) is 0 Å². The van der Waals surface area contributed by atoms with Gasteiger partial charge in [-0.15, -0.1) is 0 Å². The maximum Gasteiger partial charge on any atom is 0.409 e. The summed E-state index contributed by atoms with van der Waals surface area (Å²) < 4.78 is 5.11. The van der Waals surface area contributed by atoms with Crippen LogP contribution in [0.1, 0.15) is 31.7 Å². The third kappa shape index (κ3) is 4.55. The highest BCUT2D eigenvalue weighted by Crippen LogP contribution is 2.24. The van der Waals surface area contributed by atoms with Crippen LogP contribution >= 0.6 is 0 Å². The summed E-state index contributed by atoms with van der Waals surface area (Å²) in [5, 5.41) is 3.62. The number of para-hydroxylation sites is 1. The van der Waals surface area contributed by atoms with E-state index < -0.39 is 0 Å². The molecule has 0 aromatic heterocycles. The molecule has 6 nitrogen and oxygen atoms in total. The highest BCUT2D eigenvalue weighted by atomic mass is 16.6. The minimum atomic E-state index is -0.182. The third-order valence-electron chi connectivity index (χ3n) is 5.42. The highest BCUT2D eigenvalue weighted by molar-refractivity contribution is 5.68. The Bertz CT molecular complexity index is 614. The summed E-state index contributed by atoms with van der Waals surface area (Å²) >= 11 is 0. The molecule has 2 aliphatic heterocycles. The molecule has 1 N–H and O–H groups in total. The summed E-state index contributed by atoms with van der Waals surface area (Å²) in [6, 6.07) is 8.92. The second kappa shape index (κ2) is 9.03. The first-order chi connectivity index (χ1) is 12.7. The van der Waals surface area contributed by atoms with Crippen molar-refractivity contribution in [2.24, 2.45) is 0 Å². The number of carbonyl (C=O) groups excluding carboxylic acids is 2. The van der Waals surface area contributed by atoms with E-state index in [1.165, 1.54) is 0 Å². The molecule has 6 heteroatoms. The Balaban J connectivity index is 1.48. The number of hydrogen-bond acceptors (Lipinski definition) is 5. The fourth-order valence-electron chi connectivity index (χ4n) is 3.98. The van der Waals surface area contributed by atoms with Crippen LogP contribution in [0.3, 0.4) is 0 Å². The minimum absolute atomic E-state index is 0.182. The Hall–Kier alpha value is -2.08. The van der Waals surface area contributed by atoms with Crippen LogP contribution in [-0.4, -0.2) is 67.0 Å². The molecule has 1 atom stereocenters. The van der Waals surface area contributed by atoms with Gasteiger partial charge in [-0.05, 0) is 37.8 Å². The third-order valence-corrected chi connectivity index (χ3v) is 5.42. The van der Waals surface area contributed by atoms with Gasteiger partial charge in [-0.25, -0.2) is 4.79 Å². The zero-order chi connectivity index (χ0) is 18.4. The number of rotatable bonds is 6. The van der Waals surface area contributed by atoms with Crippen molar-refractivity contribution in [2.45, 2.75) is 44.7 Å². The zero-order valence-electron chi connectivity index (χ0n) is 15.5. The van der Waals surface area contributed by atoms with E-state index in [2.05, 4.69) is 16.3 Å². The number of nitrogens with zero attached hydrogens (tertiary/aromatic N) is 2. The highest BCUT2D eigenvalue weighted by Gasteiger charge is 2.33. The van der Waals surface area contributed by atoms with Gasteiger partial charge in [0, 0.05) is 50.4 Å². The monoisotopic (exact) mass is 359 g/mol. The smallest absolute Gasteiger partial charge is 0.409 e. The van der Waals surface area contributed by atoms with Crippen LogP contribution in [0, 0.1) is 0 Å². The molecule has 1 unspecified atom stereocenters. The molecule has 0 saturated carbocycles. The van der Waals surface area contributed by atoms with Crippen molar-refractivity contribution in [1.29, 1.82) is 0 Å². The number of anilines is 1. The molecule has 142 valence electrons. The number of piperidine rings is 1. The van der Waals surface area contributed by atoms with Crippen molar-refractivity contribution in [2.75, 3.05) is 38.1 Å². The number of carbonyl (C=O) groups is 2. The van der Waals surface area contributed by atoms with Crippen molar-refractivity contribution >= 4 is 18.1 Å². The van der Waals surface area contributed by atoms with Gasteiger partial charge in [0.15, 0.2) is 0 Å². The van der Waals surface area contributed by atoms with Crippen LogP contribution in [0.2, 0.25) is 0 Å². The summed E-state index contributed by atoms with van der Waals surface area (Å²) in [4.78, 5) is 27.1. The van der Waals surface area contributed by atoms with Gasteiger partial charge in [0.05, 0.1) is 6.61 Å². The van der Waals surface area contributed by atoms with Gasteiger partial charge in [-0.2, -0.15) is 0 Å². The molecule has 0 spiro atoms. The van der Waals surface area contributed by atoms with Crippen LogP contribution in [0.25, 0.3) is 0 Å². The van der Waals surface area contributed by atoms with Crippen LogP contribution in [0.5, 0.6) is 0 Å². The first-order valence-electron chi connectivity index (χ1n) is 9.65. The number of ether oxygens (including phenoxy) is 1. The lowest BCUT2D eigenvalue weighted by Gasteiger charge is -2.36. The molecule has 2 aliphatic rings. The maximum atomic E-state index is 11.9. The number of hydrogen-bond donors (Lipinski definition) is 1. The average Bonchev–Trinajstić information content (AvgIpc) is 3.15. The normalized spacial score (nSPS) is 21.6. The first kappa shape index (κ1) is 18.7. The molecule has 3 rings (SSSR count). The molecule has 2 saturated heterocycles. The largest absolute Gasteiger partial charge is 0.450 e. The topological polar surface area (TPSA) is 61.9 Å². The molecule has 2 fully saturated rings. The molecule has 1 amide bonds. The Kier molecular flexibility index (Phi) is 6.50. The molecular weight excluding hydrogens is 330 g/mol. The number of benzene rings is 1. The Morgan fingerprint density at radius 1 is 1.23 bits per heavy atom. The molecule has 2 heterocycles. The Labute approximate surface area is 155 Å². The van der Waals surface area contributed by atoms with E-state index >= 15 is 0 Å². The summed E-state index contributed by atoms with van der Waals surface area (Å²) in [5.41, 5.74) is 2.14. The van der Waals surface area contributed by atoms with Gasteiger partial charge in [0.1, 0.15) is 6.29 Å². The average molecular weight is 359 g/mol. The molecule has 26 heavy (non-hydrogen) atoms. The zero-order valence-corrected chi connectivity index (χ0v) is 15.5. The van der Waals surface area contributed by atoms with Gasteiger partial charge < -0.3 is 19.7 Å². The number of aldehydes is 1. The van der Waals surface area contributed by atoms with E-state index in [4.69, 9.17) is 4.74 Å². The van der Waals surface area contributed by atoms with Gasteiger partial charge in [0.2, 0.25) is 0 Å². The van der Waals surface area contributed by atoms with Crippen molar-refractivity contribution in [1.82, 2.24) is 9.80 Å². The molecule has 0 aliphatic carbocycles. The van der Waals surface area contributed by atoms with Crippen molar-refractivity contribution in [3.63, 3.8) is 0 Å². The molecule has 1 aromatic rings. The second-order valence-corrected chi connectivity index (χ2v) is 7.07. The van der Waals surface area contributed by atoms with Crippen molar-refractivity contribution in [3.05, 3.63) is 29.8 Å². The summed E-state index contributed by atoms with van der Waals surface area (Å²) in [7, 11) is 0. The minimum Gasteiger partial charge on any atom is -0.450 e. The predicted octanol–water partition coefficient (Wildman–Crippen LogP) is 2.54. The van der Waals surface area contributed by atoms with Crippen LogP contribution in [0.4, 0.5) is 10.5 Å². The van der Waals surface area contributed by atoms with Gasteiger partial charge >= 0.3 is 6.09 Å². The molecule has 1 aromatic carbocycles. The first-order valence-corrected chi connectivity index (χ1v) is 9.65. The van der Waals surface area contributed by atoms with E-state index in [-0.39, 0.29) is 6.09 Å². The van der Waals surface area contributed by atoms with Crippen molar-refractivity contribution in [3.8, 4) is 0 Å². The lowest BCUT2D eigenvalue weighted by Crippen LogP contribution is -2.46. The van der Waals surface area contributed by atoms with Crippen LogP contribution in [-0.2, 0) is 16.0 Å². The van der Waals surface area contributed by atoms with E-state index in [0.717, 1.165) is 63.0 Å². The van der Waals surface area contributed by atoms with Crippen molar-refractivity contribution < 1.29 is 14.3 Å². The number of nitrogens with one attached hydrogen (secondary N) is 1. The van der Waals surface area contributed by atoms with Gasteiger partial charge in [0.25, 0.3) is 0 Å². The summed E-state index contributed by atoms with van der Waals surface area (Å²) in [6.45, 7) is 5.92. The van der Waals surface area contributed by atoms with E-state index in [0.29, 0.717) is 25.1 Å².